The average Bonchev–Trinajstić information content (AvgIpc) is 3.00. The Labute approximate surface area is 146 Å². The van der Waals surface area contributed by atoms with Crippen LogP contribution in [0.25, 0.3) is 0 Å². The number of thiazole rings is 1. The van der Waals surface area contributed by atoms with Crippen LogP contribution < -0.4 is 10.6 Å². The zero-order chi connectivity index (χ0) is 17.4. The van der Waals surface area contributed by atoms with Gasteiger partial charge in [0.05, 0.1) is 13.2 Å². The first-order valence-corrected chi connectivity index (χ1v) is 9.26. The van der Waals surface area contributed by atoms with Crippen molar-refractivity contribution in [2.24, 2.45) is 5.92 Å². The summed E-state index contributed by atoms with van der Waals surface area (Å²) in [5.74, 6) is 0.0219. The lowest BCUT2D eigenvalue weighted by atomic mass is 10.1. The fraction of sp³-hybridized carbons (Fsp3) is 0.688. The number of anilines is 1. The van der Waals surface area contributed by atoms with Gasteiger partial charge in [0.1, 0.15) is 5.69 Å². The van der Waals surface area contributed by atoms with Gasteiger partial charge in [0.15, 0.2) is 5.13 Å². The van der Waals surface area contributed by atoms with Crippen LogP contribution in [0.1, 0.15) is 37.2 Å². The minimum atomic E-state index is -0.197. The Morgan fingerprint density at radius 3 is 2.83 bits per heavy atom. The molecule has 24 heavy (non-hydrogen) atoms. The van der Waals surface area contributed by atoms with E-state index in [1.165, 1.54) is 11.3 Å². The molecular formula is C16H26N4O3S. The standard InChI is InChI=1S/C16H26N4O3S/c1-12(2)10-14(21)19-16-18-13(11-24-16)15(22)17-4-3-5-20-6-8-23-9-7-20/h11-12H,3-10H2,1-2H3,(H,17,22)(H,18,19,21). The number of carbonyl (C=O) groups excluding carboxylic acids is 2. The number of morpholine rings is 1. The predicted octanol–water partition coefficient (Wildman–Crippen LogP) is 1.58. The van der Waals surface area contributed by atoms with Crippen LogP contribution in [0.15, 0.2) is 5.38 Å². The van der Waals surface area contributed by atoms with E-state index < -0.39 is 0 Å². The van der Waals surface area contributed by atoms with Crippen molar-refractivity contribution in [3.8, 4) is 0 Å². The highest BCUT2D eigenvalue weighted by atomic mass is 32.1. The third-order valence-electron chi connectivity index (χ3n) is 3.62. The molecule has 7 nitrogen and oxygen atoms in total. The summed E-state index contributed by atoms with van der Waals surface area (Å²) in [6.07, 6.45) is 1.34. The van der Waals surface area contributed by atoms with Gasteiger partial charge < -0.3 is 15.4 Å². The molecule has 0 aliphatic carbocycles. The molecule has 0 saturated carbocycles. The van der Waals surface area contributed by atoms with E-state index in [0.29, 0.717) is 29.7 Å². The molecule has 1 aromatic rings. The Morgan fingerprint density at radius 2 is 2.12 bits per heavy atom. The summed E-state index contributed by atoms with van der Waals surface area (Å²) in [7, 11) is 0. The normalized spacial score (nSPS) is 15.5. The first kappa shape index (κ1) is 18.8. The van der Waals surface area contributed by atoms with Crippen LogP contribution in [0.3, 0.4) is 0 Å². The topological polar surface area (TPSA) is 83.6 Å². The van der Waals surface area contributed by atoms with E-state index in [1.807, 2.05) is 13.8 Å². The fourth-order valence-electron chi connectivity index (χ4n) is 2.40. The molecule has 1 aliphatic heterocycles. The summed E-state index contributed by atoms with van der Waals surface area (Å²) in [5.41, 5.74) is 0.353. The summed E-state index contributed by atoms with van der Waals surface area (Å²) >= 11 is 1.27. The van der Waals surface area contributed by atoms with Crippen LogP contribution in [0.5, 0.6) is 0 Å². The lowest BCUT2D eigenvalue weighted by molar-refractivity contribution is -0.116. The van der Waals surface area contributed by atoms with Crippen LogP contribution >= 0.6 is 11.3 Å². The zero-order valence-electron chi connectivity index (χ0n) is 14.3. The second-order valence-electron chi connectivity index (χ2n) is 6.25. The lowest BCUT2D eigenvalue weighted by Gasteiger charge is -2.26. The molecule has 0 radical (unpaired) electrons. The fourth-order valence-corrected chi connectivity index (χ4v) is 3.10. The summed E-state index contributed by atoms with van der Waals surface area (Å²) in [4.78, 5) is 30.3. The van der Waals surface area contributed by atoms with Gasteiger partial charge in [-0.3, -0.25) is 14.5 Å². The largest absolute Gasteiger partial charge is 0.379 e. The summed E-state index contributed by atoms with van der Waals surface area (Å²) in [5, 5.41) is 7.74. The van der Waals surface area contributed by atoms with E-state index in [0.717, 1.165) is 39.3 Å². The quantitative estimate of drug-likeness (QED) is 0.693. The Balaban J connectivity index is 1.67. The van der Waals surface area contributed by atoms with Crippen molar-refractivity contribution in [2.75, 3.05) is 44.7 Å². The molecule has 0 bridgehead atoms. The third kappa shape index (κ3) is 6.54. The molecule has 2 amide bonds. The van der Waals surface area contributed by atoms with Gasteiger partial charge in [0.25, 0.3) is 5.91 Å². The second kappa shape index (κ2) is 9.71. The maximum Gasteiger partial charge on any atom is 0.270 e. The Bertz CT molecular complexity index is 541. The molecule has 0 aromatic carbocycles. The smallest absolute Gasteiger partial charge is 0.270 e. The SMILES string of the molecule is CC(C)CC(=O)Nc1nc(C(=O)NCCCN2CCOCC2)cs1. The minimum absolute atomic E-state index is 0.0724. The van der Waals surface area contributed by atoms with E-state index in [-0.39, 0.29) is 11.8 Å². The van der Waals surface area contributed by atoms with Gasteiger partial charge in [0.2, 0.25) is 5.91 Å². The van der Waals surface area contributed by atoms with E-state index in [1.54, 1.807) is 5.38 Å². The lowest BCUT2D eigenvalue weighted by Crippen LogP contribution is -2.38. The van der Waals surface area contributed by atoms with Crippen LogP contribution in [-0.4, -0.2) is 61.1 Å². The van der Waals surface area contributed by atoms with Crippen LogP contribution in [-0.2, 0) is 9.53 Å². The number of hydrogen-bond donors (Lipinski definition) is 2. The molecule has 1 fully saturated rings. The third-order valence-corrected chi connectivity index (χ3v) is 4.37. The first-order chi connectivity index (χ1) is 11.5. The van der Waals surface area contributed by atoms with Gasteiger partial charge in [-0.05, 0) is 18.9 Å². The summed E-state index contributed by atoms with van der Waals surface area (Å²) < 4.78 is 5.30. The van der Waals surface area contributed by atoms with Gasteiger partial charge in [0, 0.05) is 31.4 Å². The van der Waals surface area contributed by atoms with Crippen molar-refractivity contribution in [3.05, 3.63) is 11.1 Å². The van der Waals surface area contributed by atoms with Crippen molar-refractivity contribution in [2.45, 2.75) is 26.7 Å². The van der Waals surface area contributed by atoms with Gasteiger partial charge in [-0.25, -0.2) is 4.98 Å². The van der Waals surface area contributed by atoms with E-state index >= 15 is 0 Å². The van der Waals surface area contributed by atoms with Gasteiger partial charge in [-0.15, -0.1) is 11.3 Å². The highest BCUT2D eigenvalue weighted by molar-refractivity contribution is 7.14. The maximum atomic E-state index is 12.1. The van der Waals surface area contributed by atoms with Crippen LogP contribution in [0.4, 0.5) is 5.13 Å². The van der Waals surface area contributed by atoms with Crippen molar-refractivity contribution in [3.63, 3.8) is 0 Å². The monoisotopic (exact) mass is 354 g/mol. The number of aromatic nitrogens is 1. The summed E-state index contributed by atoms with van der Waals surface area (Å²) in [6.45, 7) is 9.03. The number of carbonyl (C=O) groups is 2. The average molecular weight is 354 g/mol. The molecule has 2 rings (SSSR count). The number of rotatable bonds is 8. The molecular weight excluding hydrogens is 328 g/mol. The van der Waals surface area contributed by atoms with Crippen LogP contribution in [0, 0.1) is 5.92 Å². The Morgan fingerprint density at radius 1 is 1.38 bits per heavy atom. The van der Waals surface area contributed by atoms with Gasteiger partial charge >= 0.3 is 0 Å². The Kier molecular flexibility index (Phi) is 7.61. The highest BCUT2D eigenvalue weighted by Crippen LogP contribution is 2.16. The molecule has 2 N–H and O–H groups in total. The molecule has 1 aromatic heterocycles. The second-order valence-corrected chi connectivity index (χ2v) is 7.11. The molecule has 134 valence electrons. The van der Waals surface area contributed by atoms with E-state index in [2.05, 4.69) is 20.5 Å². The highest BCUT2D eigenvalue weighted by Gasteiger charge is 2.13. The van der Waals surface area contributed by atoms with Gasteiger partial charge in [-0.1, -0.05) is 13.8 Å². The number of hydrogen-bond acceptors (Lipinski definition) is 6. The number of amides is 2. The van der Waals surface area contributed by atoms with Crippen molar-refractivity contribution in [1.29, 1.82) is 0 Å². The van der Waals surface area contributed by atoms with Crippen molar-refractivity contribution < 1.29 is 14.3 Å². The molecule has 0 spiro atoms. The molecule has 1 saturated heterocycles. The number of ether oxygens (including phenoxy) is 1. The summed E-state index contributed by atoms with van der Waals surface area (Å²) in [6, 6.07) is 0. The van der Waals surface area contributed by atoms with E-state index in [9.17, 15) is 9.59 Å². The zero-order valence-corrected chi connectivity index (χ0v) is 15.2. The minimum Gasteiger partial charge on any atom is -0.379 e. The molecule has 8 heteroatoms. The van der Waals surface area contributed by atoms with Crippen LogP contribution in [0.2, 0.25) is 0 Å². The van der Waals surface area contributed by atoms with E-state index in [4.69, 9.17) is 4.74 Å². The van der Waals surface area contributed by atoms with Crippen molar-refractivity contribution >= 4 is 28.3 Å². The Hall–Kier alpha value is -1.51. The van der Waals surface area contributed by atoms with Crippen molar-refractivity contribution in [1.82, 2.24) is 15.2 Å². The molecule has 2 heterocycles. The molecule has 1 aliphatic rings. The molecule has 0 atom stereocenters. The maximum absolute atomic E-state index is 12.1. The first-order valence-electron chi connectivity index (χ1n) is 8.38. The predicted molar refractivity (Wildman–Crippen MR) is 94.4 cm³/mol. The number of nitrogens with one attached hydrogen (secondary N) is 2. The molecule has 0 unspecified atom stereocenters. The van der Waals surface area contributed by atoms with Gasteiger partial charge in [-0.2, -0.15) is 0 Å². The number of nitrogens with zero attached hydrogens (tertiary/aromatic N) is 2.